The first-order valence-corrected chi connectivity index (χ1v) is 12.8. The Morgan fingerprint density at radius 1 is 0.718 bits per heavy atom. The van der Waals surface area contributed by atoms with Crippen LogP contribution in [0.5, 0.6) is 0 Å². The fourth-order valence-corrected chi connectivity index (χ4v) is 4.86. The molecule has 0 aliphatic heterocycles. The van der Waals surface area contributed by atoms with Crippen LogP contribution in [-0.4, -0.2) is 34.0 Å². The molecule has 0 saturated heterocycles. The molecule has 0 saturated carbocycles. The summed E-state index contributed by atoms with van der Waals surface area (Å²) in [7, 11) is 0. The van der Waals surface area contributed by atoms with Gasteiger partial charge in [0.25, 0.3) is 5.91 Å². The first kappa shape index (κ1) is 27.4. The Bertz CT molecular complexity index is 1540. The number of rotatable bonds is 9. The Balaban J connectivity index is 1.53. The summed E-state index contributed by atoms with van der Waals surface area (Å²) in [6, 6.07) is 25.8. The minimum absolute atomic E-state index is 0.0118. The number of nitrogens with one attached hydrogen (secondary N) is 2. The van der Waals surface area contributed by atoms with Crippen molar-refractivity contribution in [1.82, 2.24) is 0 Å². The predicted molar refractivity (Wildman–Crippen MR) is 150 cm³/mol. The van der Waals surface area contributed by atoms with Gasteiger partial charge in [-0.25, -0.2) is 9.59 Å². The van der Waals surface area contributed by atoms with Crippen molar-refractivity contribution in [2.24, 2.45) is 0 Å². The predicted octanol–water partition coefficient (Wildman–Crippen LogP) is 6.46. The van der Waals surface area contributed by atoms with Gasteiger partial charge in [-0.1, -0.05) is 54.1 Å². The van der Waals surface area contributed by atoms with E-state index in [1.165, 1.54) is 42.1 Å². The maximum absolute atomic E-state index is 13.4. The highest BCUT2D eigenvalue weighted by atomic mass is 35.5. The van der Waals surface area contributed by atoms with Crippen LogP contribution in [0.15, 0.2) is 102 Å². The number of benzene rings is 4. The normalized spacial score (nSPS) is 11.3. The topological polar surface area (TPSA) is 133 Å². The van der Waals surface area contributed by atoms with Crippen LogP contribution in [0.4, 0.5) is 11.4 Å². The van der Waals surface area contributed by atoms with Gasteiger partial charge < -0.3 is 20.8 Å². The number of carbonyl (C=O) groups is 4. The fourth-order valence-electron chi connectivity index (χ4n) is 3.67. The monoisotopic (exact) mass is 560 g/mol. The fraction of sp³-hybridized carbons (Fsp3) is 0.0345. The molecule has 0 fully saturated rings. The summed E-state index contributed by atoms with van der Waals surface area (Å²) in [5.41, 5.74) is 1.27. The van der Waals surface area contributed by atoms with Gasteiger partial charge in [-0.15, -0.1) is 11.8 Å². The number of hydrogen-bond donors (Lipinski definition) is 4. The summed E-state index contributed by atoms with van der Waals surface area (Å²) in [5.74, 6) is -3.31. The van der Waals surface area contributed by atoms with Crippen molar-refractivity contribution >= 4 is 58.5 Å². The van der Waals surface area contributed by atoms with Crippen molar-refractivity contribution in [2.45, 2.75) is 10.1 Å². The van der Waals surface area contributed by atoms with Crippen LogP contribution >= 0.6 is 23.4 Å². The smallest absolute Gasteiger partial charge is 0.336 e. The van der Waals surface area contributed by atoms with Gasteiger partial charge in [0.05, 0.1) is 27.4 Å². The van der Waals surface area contributed by atoms with Crippen molar-refractivity contribution in [3.63, 3.8) is 0 Å². The highest BCUT2D eigenvalue weighted by molar-refractivity contribution is 8.00. The largest absolute Gasteiger partial charge is 0.478 e. The molecule has 10 heteroatoms. The minimum Gasteiger partial charge on any atom is -0.478 e. The Labute approximate surface area is 232 Å². The van der Waals surface area contributed by atoms with Crippen LogP contribution in [-0.2, 0) is 4.79 Å². The highest BCUT2D eigenvalue weighted by Gasteiger charge is 2.23. The van der Waals surface area contributed by atoms with Crippen LogP contribution in [0.3, 0.4) is 0 Å². The quantitative estimate of drug-likeness (QED) is 0.173. The first-order chi connectivity index (χ1) is 18.7. The molecule has 1 atom stereocenters. The third-order valence-corrected chi connectivity index (χ3v) is 7.18. The van der Waals surface area contributed by atoms with E-state index in [1.54, 1.807) is 48.5 Å². The van der Waals surface area contributed by atoms with Gasteiger partial charge in [-0.3, -0.25) is 9.59 Å². The lowest BCUT2D eigenvalue weighted by molar-refractivity contribution is -0.115. The number of amides is 2. The molecule has 4 aromatic rings. The average Bonchev–Trinajstić information content (AvgIpc) is 2.94. The summed E-state index contributed by atoms with van der Waals surface area (Å²) >= 11 is 7.46. The average molecular weight is 561 g/mol. The molecule has 0 aromatic heterocycles. The molecule has 0 aliphatic rings. The number of anilines is 2. The molecule has 0 spiro atoms. The van der Waals surface area contributed by atoms with E-state index < -0.39 is 29.0 Å². The summed E-state index contributed by atoms with van der Waals surface area (Å²) in [6.45, 7) is 0. The van der Waals surface area contributed by atoms with Crippen LogP contribution in [0, 0.1) is 0 Å². The molecule has 39 heavy (non-hydrogen) atoms. The van der Waals surface area contributed by atoms with Crippen LogP contribution < -0.4 is 10.6 Å². The molecule has 196 valence electrons. The molecular formula is C29H21ClN2O6S. The maximum Gasteiger partial charge on any atom is 0.336 e. The third-order valence-electron chi connectivity index (χ3n) is 5.58. The summed E-state index contributed by atoms with van der Waals surface area (Å²) in [4.78, 5) is 49.5. The lowest BCUT2D eigenvalue weighted by Gasteiger charge is -2.18. The van der Waals surface area contributed by atoms with Crippen molar-refractivity contribution in [3.05, 3.63) is 124 Å². The van der Waals surface area contributed by atoms with Crippen LogP contribution in [0.1, 0.15) is 41.9 Å². The third kappa shape index (κ3) is 6.84. The van der Waals surface area contributed by atoms with Gasteiger partial charge in [0.2, 0.25) is 5.91 Å². The Morgan fingerprint density at radius 2 is 1.36 bits per heavy atom. The minimum atomic E-state index is -1.20. The number of carbonyl (C=O) groups excluding carboxylic acids is 2. The van der Waals surface area contributed by atoms with E-state index in [1.807, 2.05) is 18.2 Å². The second kappa shape index (κ2) is 12.3. The van der Waals surface area contributed by atoms with Crippen molar-refractivity contribution in [3.8, 4) is 0 Å². The molecule has 4 aromatic carbocycles. The lowest BCUT2D eigenvalue weighted by Crippen LogP contribution is -2.19. The van der Waals surface area contributed by atoms with E-state index in [4.69, 9.17) is 11.6 Å². The van der Waals surface area contributed by atoms with Gasteiger partial charge in [0, 0.05) is 10.6 Å². The molecule has 0 bridgehead atoms. The molecule has 0 aliphatic carbocycles. The molecule has 1 unspecified atom stereocenters. The second-order valence-electron chi connectivity index (χ2n) is 8.23. The zero-order valence-electron chi connectivity index (χ0n) is 20.1. The summed E-state index contributed by atoms with van der Waals surface area (Å²) < 4.78 is 0. The first-order valence-electron chi connectivity index (χ1n) is 11.5. The highest BCUT2D eigenvalue weighted by Crippen LogP contribution is 2.37. The Kier molecular flexibility index (Phi) is 8.65. The van der Waals surface area contributed by atoms with Gasteiger partial charge >= 0.3 is 11.9 Å². The summed E-state index contributed by atoms with van der Waals surface area (Å²) in [5, 5.41) is 23.5. The SMILES string of the molecule is O=C(O)c1ccc(Cl)c(NC(=O)C(Sc2ccc(NC(=O)c3ccccc3C(=O)O)cc2)c2ccccc2)c1. The second-order valence-corrected chi connectivity index (χ2v) is 9.81. The van der Waals surface area contributed by atoms with Crippen molar-refractivity contribution in [2.75, 3.05) is 10.6 Å². The molecule has 0 radical (unpaired) electrons. The molecule has 4 N–H and O–H groups in total. The summed E-state index contributed by atoms with van der Waals surface area (Å²) in [6.07, 6.45) is 0. The molecular weight excluding hydrogens is 540 g/mol. The number of aromatic carboxylic acids is 2. The van der Waals surface area contributed by atoms with E-state index >= 15 is 0 Å². The van der Waals surface area contributed by atoms with Gasteiger partial charge in [-0.2, -0.15) is 0 Å². The van der Waals surface area contributed by atoms with Crippen molar-refractivity contribution < 1.29 is 29.4 Å². The zero-order chi connectivity index (χ0) is 27.9. The van der Waals surface area contributed by atoms with Gasteiger partial charge in [0.15, 0.2) is 0 Å². The number of hydrogen-bond acceptors (Lipinski definition) is 5. The van der Waals surface area contributed by atoms with E-state index in [0.29, 0.717) is 16.1 Å². The lowest BCUT2D eigenvalue weighted by atomic mass is 10.1. The van der Waals surface area contributed by atoms with E-state index in [-0.39, 0.29) is 27.4 Å². The molecule has 0 heterocycles. The molecule has 8 nitrogen and oxygen atoms in total. The van der Waals surface area contributed by atoms with Gasteiger partial charge in [0.1, 0.15) is 5.25 Å². The number of halogens is 1. The van der Waals surface area contributed by atoms with E-state index in [9.17, 15) is 29.4 Å². The maximum atomic E-state index is 13.4. The van der Waals surface area contributed by atoms with Gasteiger partial charge in [-0.05, 0) is 60.2 Å². The standard InChI is InChI=1S/C29H21ClN2O6S/c30-23-15-10-18(28(35)36)16-24(23)32-27(34)25(17-6-2-1-3-7-17)39-20-13-11-19(12-14-20)31-26(33)21-8-4-5-9-22(21)29(37)38/h1-16,25H,(H,31,33)(H,32,34)(H,35,36)(H,37,38). The number of thioether (sulfide) groups is 1. The Morgan fingerprint density at radius 3 is 2.00 bits per heavy atom. The molecule has 2 amide bonds. The number of carboxylic acid groups (broad SMARTS) is 2. The number of carboxylic acids is 2. The molecule has 4 rings (SSSR count). The van der Waals surface area contributed by atoms with Crippen LogP contribution in [0.25, 0.3) is 0 Å². The Hall–Kier alpha value is -4.60. The van der Waals surface area contributed by atoms with E-state index in [2.05, 4.69) is 10.6 Å². The van der Waals surface area contributed by atoms with Crippen molar-refractivity contribution in [1.29, 1.82) is 0 Å². The van der Waals surface area contributed by atoms with E-state index in [0.717, 1.165) is 0 Å². The zero-order valence-corrected chi connectivity index (χ0v) is 21.7. The van der Waals surface area contributed by atoms with Crippen LogP contribution in [0.2, 0.25) is 5.02 Å².